The summed E-state index contributed by atoms with van der Waals surface area (Å²) in [7, 11) is 1.71. The van der Waals surface area contributed by atoms with Crippen molar-refractivity contribution < 1.29 is 9.84 Å². The van der Waals surface area contributed by atoms with E-state index < -0.39 is 0 Å². The molecule has 0 saturated heterocycles. The molecule has 0 amide bonds. The molecule has 0 bridgehead atoms. The van der Waals surface area contributed by atoms with E-state index in [-0.39, 0.29) is 18.2 Å². The van der Waals surface area contributed by atoms with Gasteiger partial charge in [-0.2, -0.15) is 0 Å². The second-order valence-electron chi connectivity index (χ2n) is 3.91. The van der Waals surface area contributed by atoms with Crippen LogP contribution < -0.4 is 5.32 Å². The van der Waals surface area contributed by atoms with Crippen molar-refractivity contribution in [3.8, 4) is 0 Å². The Kier molecular flexibility index (Phi) is 4.70. The first kappa shape index (κ1) is 11.0. The first-order valence-electron chi connectivity index (χ1n) is 5.18. The molecule has 78 valence electrons. The summed E-state index contributed by atoms with van der Waals surface area (Å²) in [4.78, 5) is 0. The highest BCUT2D eigenvalue weighted by Gasteiger charge is 2.22. The molecule has 0 radical (unpaired) electrons. The van der Waals surface area contributed by atoms with E-state index in [2.05, 4.69) is 5.32 Å². The van der Waals surface area contributed by atoms with Gasteiger partial charge in [0.05, 0.1) is 12.2 Å². The number of nitrogens with one attached hydrogen (secondary N) is 1. The van der Waals surface area contributed by atoms with E-state index in [9.17, 15) is 5.11 Å². The third kappa shape index (κ3) is 3.63. The molecule has 0 aromatic carbocycles. The van der Waals surface area contributed by atoms with Crippen LogP contribution in [0.1, 0.15) is 32.6 Å². The van der Waals surface area contributed by atoms with Crippen molar-refractivity contribution in [2.24, 2.45) is 0 Å². The van der Waals surface area contributed by atoms with Gasteiger partial charge in [0.1, 0.15) is 0 Å². The summed E-state index contributed by atoms with van der Waals surface area (Å²) in [6.07, 6.45) is 4.51. The fraction of sp³-hybridized carbons (Fsp3) is 1.00. The van der Waals surface area contributed by atoms with Crippen LogP contribution in [-0.2, 0) is 4.74 Å². The summed E-state index contributed by atoms with van der Waals surface area (Å²) < 4.78 is 5.13. The Morgan fingerprint density at radius 3 is 2.77 bits per heavy atom. The molecular weight excluding hydrogens is 166 g/mol. The lowest BCUT2D eigenvalue weighted by Crippen LogP contribution is -2.44. The lowest BCUT2D eigenvalue weighted by Gasteiger charge is -2.29. The summed E-state index contributed by atoms with van der Waals surface area (Å²) in [6.45, 7) is 2.86. The number of rotatable bonds is 4. The molecule has 1 saturated carbocycles. The van der Waals surface area contributed by atoms with Crippen LogP contribution in [0.25, 0.3) is 0 Å². The van der Waals surface area contributed by atoms with E-state index in [4.69, 9.17) is 4.74 Å². The SMILES string of the molecule is COC(C)CNC1CCCCC1O. The van der Waals surface area contributed by atoms with Crippen LogP contribution in [0.15, 0.2) is 0 Å². The van der Waals surface area contributed by atoms with Crippen molar-refractivity contribution in [1.29, 1.82) is 0 Å². The molecule has 1 fully saturated rings. The number of aliphatic hydroxyl groups is 1. The molecule has 1 aliphatic rings. The van der Waals surface area contributed by atoms with Gasteiger partial charge in [0.2, 0.25) is 0 Å². The number of hydrogen-bond acceptors (Lipinski definition) is 3. The highest BCUT2D eigenvalue weighted by atomic mass is 16.5. The molecule has 0 spiro atoms. The van der Waals surface area contributed by atoms with Crippen LogP contribution >= 0.6 is 0 Å². The molecule has 0 aromatic rings. The van der Waals surface area contributed by atoms with Gasteiger partial charge in [-0.15, -0.1) is 0 Å². The Balaban J connectivity index is 2.18. The Bertz CT molecular complexity index is 141. The molecule has 1 rings (SSSR count). The number of hydrogen-bond donors (Lipinski definition) is 2. The summed E-state index contributed by atoms with van der Waals surface area (Å²) in [5.74, 6) is 0. The monoisotopic (exact) mass is 187 g/mol. The van der Waals surface area contributed by atoms with E-state index in [1.54, 1.807) is 7.11 Å². The molecule has 3 atom stereocenters. The summed E-state index contributed by atoms with van der Waals surface area (Å²) in [5, 5.41) is 13.0. The quantitative estimate of drug-likeness (QED) is 0.687. The maximum Gasteiger partial charge on any atom is 0.0693 e. The largest absolute Gasteiger partial charge is 0.392 e. The molecule has 3 heteroatoms. The van der Waals surface area contributed by atoms with E-state index in [1.807, 2.05) is 6.92 Å². The lowest BCUT2D eigenvalue weighted by atomic mass is 9.92. The highest BCUT2D eigenvalue weighted by Crippen LogP contribution is 2.18. The second-order valence-corrected chi connectivity index (χ2v) is 3.91. The van der Waals surface area contributed by atoms with Gasteiger partial charge in [0.15, 0.2) is 0 Å². The highest BCUT2D eigenvalue weighted by molar-refractivity contribution is 4.80. The van der Waals surface area contributed by atoms with Crippen LogP contribution in [0.3, 0.4) is 0 Å². The van der Waals surface area contributed by atoms with Crippen LogP contribution in [0.5, 0.6) is 0 Å². The topological polar surface area (TPSA) is 41.5 Å². The average Bonchev–Trinajstić information content (AvgIpc) is 2.16. The van der Waals surface area contributed by atoms with Crippen LogP contribution in [0.4, 0.5) is 0 Å². The molecular formula is C10H21NO2. The van der Waals surface area contributed by atoms with Gasteiger partial charge >= 0.3 is 0 Å². The predicted octanol–water partition coefficient (Wildman–Crippen LogP) is 0.914. The molecule has 0 aliphatic heterocycles. The van der Waals surface area contributed by atoms with Crippen LogP contribution in [0.2, 0.25) is 0 Å². The number of ether oxygens (including phenoxy) is 1. The van der Waals surface area contributed by atoms with Crippen molar-refractivity contribution in [1.82, 2.24) is 5.32 Å². The molecule has 3 unspecified atom stereocenters. The molecule has 3 nitrogen and oxygen atoms in total. The zero-order valence-electron chi connectivity index (χ0n) is 8.62. The number of aliphatic hydroxyl groups excluding tert-OH is 1. The number of methoxy groups -OCH3 is 1. The van der Waals surface area contributed by atoms with Gasteiger partial charge in [0, 0.05) is 19.7 Å². The zero-order chi connectivity index (χ0) is 9.68. The Labute approximate surface area is 80.5 Å². The van der Waals surface area contributed by atoms with Gasteiger partial charge in [-0.05, 0) is 19.8 Å². The molecule has 0 aromatic heterocycles. The third-order valence-electron chi connectivity index (χ3n) is 2.80. The van der Waals surface area contributed by atoms with Crippen molar-refractivity contribution in [2.75, 3.05) is 13.7 Å². The van der Waals surface area contributed by atoms with Crippen molar-refractivity contribution >= 4 is 0 Å². The maximum absolute atomic E-state index is 9.65. The van der Waals surface area contributed by atoms with Gasteiger partial charge in [-0.1, -0.05) is 12.8 Å². The van der Waals surface area contributed by atoms with Crippen molar-refractivity contribution in [3.05, 3.63) is 0 Å². The Morgan fingerprint density at radius 2 is 2.15 bits per heavy atom. The van der Waals surface area contributed by atoms with E-state index >= 15 is 0 Å². The minimum atomic E-state index is -0.155. The summed E-state index contributed by atoms with van der Waals surface area (Å²) >= 11 is 0. The second kappa shape index (κ2) is 5.58. The molecule has 13 heavy (non-hydrogen) atoms. The van der Waals surface area contributed by atoms with E-state index in [1.165, 1.54) is 12.8 Å². The molecule has 1 aliphatic carbocycles. The lowest BCUT2D eigenvalue weighted by molar-refractivity contribution is 0.0710. The zero-order valence-corrected chi connectivity index (χ0v) is 8.62. The van der Waals surface area contributed by atoms with E-state index in [0.717, 1.165) is 19.4 Å². The first-order valence-corrected chi connectivity index (χ1v) is 5.18. The van der Waals surface area contributed by atoms with Crippen molar-refractivity contribution in [2.45, 2.75) is 50.9 Å². The first-order chi connectivity index (χ1) is 6.24. The van der Waals surface area contributed by atoms with Crippen molar-refractivity contribution in [3.63, 3.8) is 0 Å². The van der Waals surface area contributed by atoms with Gasteiger partial charge < -0.3 is 15.2 Å². The molecule has 2 N–H and O–H groups in total. The van der Waals surface area contributed by atoms with Crippen LogP contribution in [0, 0.1) is 0 Å². The van der Waals surface area contributed by atoms with E-state index in [0.29, 0.717) is 0 Å². The van der Waals surface area contributed by atoms with Gasteiger partial charge in [0.25, 0.3) is 0 Å². The van der Waals surface area contributed by atoms with Crippen LogP contribution in [-0.4, -0.2) is 37.0 Å². The third-order valence-corrected chi connectivity index (χ3v) is 2.80. The predicted molar refractivity (Wildman–Crippen MR) is 52.7 cm³/mol. The fourth-order valence-electron chi connectivity index (χ4n) is 1.75. The smallest absolute Gasteiger partial charge is 0.0693 e. The molecule has 0 heterocycles. The van der Waals surface area contributed by atoms with Gasteiger partial charge in [-0.25, -0.2) is 0 Å². The Morgan fingerprint density at radius 1 is 1.46 bits per heavy atom. The fourth-order valence-corrected chi connectivity index (χ4v) is 1.75. The minimum Gasteiger partial charge on any atom is -0.392 e. The minimum absolute atomic E-state index is 0.155. The standard InChI is InChI=1S/C10H21NO2/c1-8(13-2)7-11-9-5-3-4-6-10(9)12/h8-12H,3-7H2,1-2H3. The maximum atomic E-state index is 9.65. The van der Waals surface area contributed by atoms with Gasteiger partial charge in [-0.3, -0.25) is 0 Å². The summed E-state index contributed by atoms with van der Waals surface area (Å²) in [6, 6.07) is 0.284. The normalized spacial score (nSPS) is 31.6. The average molecular weight is 187 g/mol. The Hall–Kier alpha value is -0.120. The summed E-state index contributed by atoms with van der Waals surface area (Å²) in [5.41, 5.74) is 0.